The summed E-state index contributed by atoms with van der Waals surface area (Å²) in [5.74, 6) is -0.547. The van der Waals surface area contributed by atoms with E-state index in [1.54, 1.807) is 24.3 Å². The molecule has 25 heavy (non-hydrogen) atoms. The number of anilines is 1. The van der Waals surface area contributed by atoms with Crippen LogP contribution in [0.3, 0.4) is 0 Å². The lowest BCUT2D eigenvalue weighted by atomic mass is 10.0. The van der Waals surface area contributed by atoms with Crippen LogP contribution in [0.1, 0.15) is 5.56 Å². The van der Waals surface area contributed by atoms with E-state index in [4.69, 9.17) is 4.84 Å². The summed E-state index contributed by atoms with van der Waals surface area (Å²) >= 11 is 0. The molecule has 0 aliphatic carbocycles. The van der Waals surface area contributed by atoms with Crippen molar-refractivity contribution in [1.82, 2.24) is 5.59 Å². The molecule has 2 amide bonds. The minimum atomic E-state index is -0.586. The van der Waals surface area contributed by atoms with Crippen LogP contribution in [0, 0.1) is 0 Å². The molecule has 0 spiro atoms. The molecule has 1 aliphatic rings. The van der Waals surface area contributed by atoms with E-state index < -0.39 is 22.6 Å². The first-order chi connectivity index (χ1) is 12.1. The maximum absolute atomic E-state index is 12.9. The van der Waals surface area contributed by atoms with Gasteiger partial charge in [-0.1, -0.05) is 48.5 Å². The highest BCUT2D eigenvalue weighted by Gasteiger charge is 2.53. The number of hydrogen-bond acceptors (Lipinski definition) is 5. The summed E-state index contributed by atoms with van der Waals surface area (Å²) in [7, 11) is 0. The zero-order valence-electron chi connectivity index (χ0n) is 13.6. The van der Waals surface area contributed by atoms with Gasteiger partial charge in [0.15, 0.2) is 0 Å². The van der Waals surface area contributed by atoms with E-state index in [0.717, 1.165) is 5.56 Å². The largest absolute Gasteiger partial charge is 0.443 e. The summed E-state index contributed by atoms with van der Waals surface area (Å²) in [6.07, 6.45) is 0.406. The van der Waals surface area contributed by atoms with Crippen molar-refractivity contribution >= 4 is 17.7 Å². The lowest BCUT2D eigenvalue weighted by Crippen LogP contribution is -2.66. The number of para-hydroxylation sites is 1. The van der Waals surface area contributed by atoms with Crippen molar-refractivity contribution in [3.63, 3.8) is 0 Å². The van der Waals surface area contributed by atoms with Crippen molar-refractivity contribution in [2.45, 2.75) is 12.5 Å². The van der Waals surface area contributed by atoms with Gasteiger partial charge in [-0.3, -0.25) is 5.32 Å². The van der Waals surface area contributed by atoms with Crippen molar-refractivity contribution in [2.75, 3.05) is 18.5 Å². The van der Waals surface area contributed by atoms with Gasteiger partial charge in [-0.2, -0.15) is 0 Å². The van der Waals surface area contributed by atoms with Crippen LogP contribution in [-0.2, 0) is 16.1 Å². The zero-order valence-corrected chi connectivity index (χ0v) is 13.6. The van der Waals surface area contributed by atoms with Crippen LogP contribution >= 0.6 is 0 Å². The van der Waals surface area contributed by atoms with Crippen LogP contribution in [0.15, 0.2) is 60.7 Å². The average Bonchev–Trinajstić information content (AvgIpc) is 3.04. The fourth-order valence-electron chi connectivity index (χ4n) is 2.87. The Morgan fingerprint density at radius 2 is 1.80 bits per heavy atom. The second-order valence-corrected chi connectivity index (χ2v) is 5.91. The molecule has 7 nitrogen and oxygen atoms in total. The second kappa shape index (κ2) is 7.43. The quantitative estimate of drug-likeness (QED) is 0.719. The molecule has 130 valence electrons. The monoisotopic (exact) mass is 342 g/mol. The van der Waals surface area contributed by atoms with E-state index in [2.05, 4.69) is 10.9 Å². The summed E-state index contributed by atoms with van der Waals surface area (Å²) in [6.45, 7) is -0.489. The van der Waals surface area contributed by atoms with Crippen molar-refractivity contribution in [1.29, 1.82) is 0 Å². The summed E-state index contributed by atoms with van der Waals surface area (Å²) < 4.78 is -0.515. The number of carbonyl (C=O) groups excluding carboxylic acids is 2. The minimum absolute atomic E-state index is 0.198. The average molecular weight is 342 g/mol. The van der Waals surface area contributed by atoms with Crippen LogP contribution in [0.2, 0.25) is 0 Å². The molecule has 0 radical (unpaired) electrons. The van der Waals surface area contributed by atoms with Crippen LogP contribution in [-0.4, -0.2) is 40.9 Å². The molecule has 3 rings (SSSR count). The second-order valence-electron chi connectivity index (χ2n) is 5.91. The van der Waals surface area contributed by atoms with Crippen molar-refractivity contribution in [3.05, 3.63) is 66.2 Å². The molecule has 0 saturated carbocycles. The first kappa shape index (κ1) is 17.1. The Kier molecular flexibility index (Phi) is 5.08. The predicted octanol–water partition coefficient (Wildman–Crippen LogP) is 1.62. The van der Waals surface area contributed by atoms with Gasteiger partial charge in [-0.15, -0.1) is 4.59 Å². The smallest absolute Gasteiger partial charge is 0.390 e. The van der Waals surface area contributed by atoms with Gasteiger partial charge < -0.3 is 9.94 Å². The van der Waals surface area contributed by atoms with E-state index in [-0.39, 0.29) is 13.2 Å². The molecule has 2 unspecified atom stereocenters. The number of quaternary nitrogens is 1. The predicted molar refractivity (Wildman–Crippen MR) is 90.8 cm³/mol. The SMILES string of the molecule is O=C1C[N+](C(=O)Nc2ccccc2)(C(CO)Cc2ccccc2)NO1. The molecule has 2 atom stereocenters. The molecule has 2 aromatic carbocycles. The highest BCUT2D eigenvalue weighted by Crippen LogP contribution is 2.22. The van der Waals surface area contributed by atoms with Gasteiger partial charge in [-0.25, -0.2) is 9.59 Å². The zero-order chi connectivity index (χ0) is 17.7. The lowest BCUT2D eigenvalue weighted by Gasteiger charge is -2.33. The summed E-state index contributed by atoms with van der Waals surface area (Å²) in [6, 6.07) is 17.4. The topological polar surface area (TPSA) is 87.7 Å². The van der Waals surface area contributed by atoms with Gasteiger partial charge in [0, 0.05) is 17.7 Å². The number of nitrogens with one attached hydrogen (secondary N) is 2. The molecule has 3 N–H and O–H groups in total. The number of aliphatic hydroxyl groups is 1. The number of aliphatic hydroxyl groups excluding tert-OH is 1. The van der Waals surface area contributed by atoms with Gasteiger partial charge in [-0.05, 0) is 17.7 Å². The highest BCUT2D eigenvalue weighted by atomic mass is 16.7. The minimum Gasteiger partial charge on any atom is -0.390 e. The van der Waals surface area contributed by atoms with Crippen molar-refractivity contribution in [3.8, 4) is 0 Å². The van der Waals surface area contributed by atoms with Gasteiger partial charge in [0.1, 0.15) is 6.04 Å². The normalized spacial score (nSPS) is 20.8. The molecule has 1 saturated heterocycles. The first-order valence-electron chi connectivity index (χ1n) is 8.00. The molecule has 1 fully saturated rings. The maximum atomic E-state index is 12.9. The fraction of sp³-hybridized carbons (Fsp3) is 0.222. The van der Waals surface area contributed by atoms with Crippen molar-refractivity contribution < 1.29 is 24.1 Å². The third-order valence-electron chi connectivity index (χ3n) is 4.24. The fourth-order valence-corrected chi connectivity index (χ4v) is 2.87. The Morgan fingerprint density at radius 1 is 1.16 bits per heavy atom. The molecular formula is C18H20N3O4+. The molecule has 0 bridgehead atoms. The van der Waals surface area contributed by atoms with E-state index in [9.17, 15) is 14.7 Å². The number of rotatable bonds is 5. The highest BCUT2D eigenvalue weighted by molar-refractivity contribution is 5.86. The Hall–Kier alpha value is -2.74. The molecule has 2 aromatic rings. The number of amides is 2. The first-order valence-corrected chi connectivity index (χ1v) is 8.00. The number of nitrogens with zero attached hydrogens (tertiary/aromatic N) is 1. The summed E-state index contributed by atoms with van der Waals surface area (Å²) in [4.78, 5) is 29.5. The number of hydrogen-bond donors (Lipinski definition) is 3. The van der Waals surface area contributed by atoms with Crippen LogP contribution in [0.4, 0.5) is 10.5 Å². The maximum Gasteiger partial charge on any atom is 0.443 e. The van der Waals surface area contributed by atoms with Crippen molar-refractivity contribution in [2.24, 2.45) is 0 Å². The van der Waals surface area contributed by atoms with E-state index in [1.165, 1.54) is 0 Å². The Labute approximate surface area is 145 Å². The van der Waals surface area contributed by atoms with Gasteiger partial charge in [0.05, 0.1) is 6.61 Å². The molecule has 1 aliphatic heterocycles. The van der Waals surface area contributed by atoms with Gasteiger partial charge in [0.25, 0.3) is 0 Å². The van der Waals surface area contributed by atoms with E-state index in [0.29, 0.717) is 12.1 Å². The molecule has 7 heteroatoms. The third-order valence-corrected chi connectivity index (χ3v) is 4.24. The summed E-state index contributed by atoms with van der Waals surface area (Å²) in [5, 5.41) is 12.7. The number of carbonyl (C=O) groups is 2. The molecular weight excluding hydrogens is 322 g/mol. The Balaban J connectivity index is 1.86. The van der Waals surface area contributed by atoms with Crippen LogP contribution in [0.5, 0.6) is 0 Å². The number of benzene rings is 2. The van der Waals surface area contributed by atoms with Gasteiger partial charge >= 0.3 is 12.0 Å². The Morgan fingerprint density at radius 3 is 2.36 bits per heavy atom. The van der Waals surface area contributed by atoms with Gasteiger partial charge in [0.2, 0.25) is 6.54 Å². The third kappa shape index (κ3) is 3.69. The molecule has 1 heterocycles. The number of urea groups is 1. The standard InChI is InChI=1S/C18H19N3O4/c22-13-16(11-14-7-3-1-4-8-14)21(12-17(23)25-20-21)18(24)19-15-9-5-2-6-10-15/h1-10,16,20,22H,11-13H2/p+1. The van der Waals surface area contributed by atoms with Crippen LogP contribution < -0.4 is 10.9 Å². The summed E-state index contributed by atoms with van der Waals surface area (Å²) in [5.41, 5.74) is 4.08. The Bertz CT molecular complexity index is 739. The van der Waals surface area contributed by atoms with E-state index in [1.807, 2.05) is 36.4 Å². The van der Waals surface area contributed by atoms with E-state index >= 15 is 0 Å². The van der Waals surface area contributed by atoms with Crippen LogP contribution in [0.25, 0.3) is 0 Å². The lowest BCUT2D eigenvalue weighted by molar-refractivity contribution is -0.919. The molecule has 0 aromatic heterocycles.